The Balaban J connectivity index is 3.10. The molecule has 110 valence electrons. The molecule has 0 unspecified atom stereocenters. The first-order valence-corrected chi connectivity index (χ1v) is 6.34. The summed E-state index contributed by atoms with van der Waals surface area (Å²) >= 11 is 5.70. The Morgan fingerprint density at radius 3 is 2.10 bits per heavy atom. The van der Waals surface area contributed by atoms with E-state index < -0.39 is 29.6 Å². The van der Waals surface area contributed by atoms with E-state index in [4.69, 9.17) is 16.9 Å². The van der Waals surface area contributed by atoms with Gasteiger partial charge in [-0.05, 0) is 24.1 Å². The summed E-state index contributed by atoms with van der Waals surface area (Å²) in [5.74, 6) is -4.49. The van der Waals surface area contributed by atoms with Crippen LogP contribution in [0.4, 0.5) is 0 Å². The van der Waals surface area contributed by atoms with E-state index >= 15 is 0 Å². The number of aliphatic carboxylic acids is 2. The van der Waals surface area contributed by atoms with Gasteiger partial charge in [0.05, 0.1) is 6.07 Å². The molecule has 0 fully saturated rings. The number of carboxylic acid groups (broad SMARTS) is 2. The average Bonchev–Trinajstić information content (AvgIpc) is 2.41. The lowest BCUT2D eigenvalue weighted by atomic mass is 9.77. The molecule has 0 aliphatic carbocycles. The molecule has 0 bridgehead atoms. The van der Waals surface area contributed by atoms with Crippen LogP contribution in [0.15, 0.2) is 24.3 Å². The van der Waals surface area contributed by atoms with Crippen LogP contribution in [0, 0.1) is 16.7 Å². The summed E-state index contributed by atoms with van der Waals surface area (Å²) < 4.78 is 0. The van der Waals surface area contributed by atoms with Crippen LogP contribution in [0.25, 0.3) is 0 Å². The molecular formula is C14H12ClNO5. The fourth-order valence-corrected chi connectivity index (χ4v) is 1.99. The zero-order chi connectivity index (χ0) is 16.0. The van der Waals surface area contributed by atoms with Gasteiger partial charge in [-0.1, -0.05) is 23.7 Å². The van der Waals surface area contributed by atoms with Gasteiger partial charge in [-0.2, -0.15) is 5.26 Å². The molecular weight excluding hydrogens is 298 g/mol. The predicted octanol–water partition coefficient (Wildman–Crippen LogP) is 1.91. The predicted molar refractivity (Wildman–Crippen MR) is 72.7 cm³/mol. The number of nitriles is 1. The number of hydrogen-bond donors (Lipinski definition) is 2. The Hall–Kier alpha value is -2.39. The molecule has 0 amide bonds. The molecule has 0 atom stereocenters. The van der Waals surface area contributed by atoms with Crippen molar-refractivity contribution in [2.75, 3.05) is 0 Å². The Morgan fingerprint density at radius 2 is 1.67 bits per heavy atom. The number of rotatable bonds is 7. The summed E-state index contributed by atoms with van der Waals surface area (Å²) in [5, 5.41) is 27.3. The maximum atomic E-state index is 12.2. The molecule has 21 heavy (non-hydrogen) atoms. The third-order valence-electron chi connectivity index (χ3n) is 3.10. The quantitative estimate of drug-likeness (QED) is 0.743. The Morgan fingerprint density at radius 1 is 1.14 bits per heavy atom. The maximum absolute atomic E-state index is 12.2. The molecule has 1 rings (SSSR count). The van der Waals surface area contributed by atoms with E-state index in [0.29, 0.717) is 10.6 Å². The molecule has 0 spiro atoms. The van der Waals surface area contributed by atoms with Crippen molar-refractivity contribution in [2.24, 2.45) is 5.41 Å². The first kappa shape index (κ1) is 16.7. The summed E-state index contributed by atoms with van der Waals surface area (Å²) in [6.07, 6.45) is -1.27. The summed E-state index contributed by atoms with van der Waals surface area (Å²) in [4.78, 5) is 34.8. The van der Waals surface area contributed by atoms with Crippen LogP contribution in [0.5, 0.6) is 0 Å². The number of hydrogen-bond acceptors (Lipinski definition) is 4. The normalized spacial score (nSPS) is 10.7. The van der Waals surface area contributed by atoms with Gasteiger partial charge in [-0.25, -0.2) is 0 Å². The van der Waals surface area contributed by atoms with Crippen molar-refractivity contribution in [1.29, 1.82) is 5.26 Å². The highest BCUT2D eigenvalue weighted by molar-refractivity contribution is 6.30. The summed E-state index contributed by atoms with van der Waals surface area (Å²) in [6.45, 7) is 0. The number of carbonyl (C=O) groups excluding carboxylic acids is 1. The standard InChI is InChI=1S/C14H12ClNO5/c15-10-4-2-9(3-5-10)8-11(17)14(12(18)19,13(20)21)6-1-7-16/h2-5H,1,6,8H2,(H,18,19)(H,20,21). The van der Waals surface area contributed by atoms with Crippen LogP contribution in [-0.4, -0.2) is 27.9 Å². The Bertz CT molecular complexity index is 589. The van der Waals surface area contributed by atoms with Crippen molar-refractivity contribution in [3.8, 4) is 6.07 Å². The minimum atomic E-state index is -2.60. The second-order valence-electron chi connectivity index (χ2n) is 4.40. The molecule has 2 N–H and O–H groups in total. The highest BCUT2D eigenvalue weighted by atomic mass is 35.5. The lowest BCUT2D eigenvalue weighted by Crippen LogP contribution is -2.47. The van der Waals surface area contributed by atoms with Crippen molar-refractivity contribution in [1.82, 2.24) is 0 Å². The van der Waals surface area contributed by atoms with Crippen LogP contribution in [0.1, 0.15) is 18.4 Å². The highest BCUT2D eigenvalue weighted by Gasteiger charge is 2.52. The first-order valence-electron chi connectivity index (χ1n) is 5.96. The second-order valence-corrected chi connectivity index (χ2v) is 4.84. The number of halogens is 1. The van der Waals surface area contributed by atoms with Crippen LogP contribution in [0.2, 0.25) is 5.02 Å². The Labute approximate surface area is 125 Å². The minimum Gasteiger partial charge on any atom is -0.480 e. The average molecular weight is 310 g/mol. The summed E-state index contributed by atoms with van der Waals surface area (Å²) in [6, 6.07) is 7.72. The van der Waals surface area contributed by atoms with Gasteiger partial charge >= 0.3 is 11.9 Å². The molecule has 0 aromatic heterocycles. The molecule has 0 aliphatic heterocycles. The molecule has 0 saturated heterocycles. The monoisotopic (exact) mass is 309 g/mol. The molecule has 6 nitrogen and oxygen atoms in total. The molecule has 0 radical (unpaired) electrons. The van der Waals surface area contributed by atoms with Gasteiger partial charge in [0.2, 0.25) is 5.41 Å². The highest BCUT2D eigenvalue weighted by Crippen LogP contribution is 2.28. The van der Waals surface area contributed by atoms with Crippen molar-refractivity contribution >= 4 is 29.3 Å². The van der Waals surface area contributed by atoms with Crippen LogP contribution in [0.3, 0.4) is 0 Å². The largest absolute Gasteiger partial charge is 0.480 e. The van der Waals surface area contributed by atoms with E-state index in [0.717, 1.165) is 0 Å². The third kappa shape index (κ3) is 3.58. The number of carboxylic acids is 2. The van der Waals surface area contributed by atoms with Crippen LogP contribution < -0.4 is 0 Å². The summed E-state index contributed by atoms with van der Waals surface area (Å²) in [5.41, 5.74) is -2.15. The summed E-state index contributed by atoms with van der Waals surface area (Å²) in [7, 11) is 0. The van der Waals surface area contributed by atoms with Crippen molar-refractivity contribution < 1.29 is 24.6 Å². The topological polar surface area (TPSA) is 115 Å². The zero-order valence-electron chi connectivity index (χ0n) is 10.9. The van der Waals surface area contributed by atoms with Crippen molar-refractivity contribution in [3.63, 3.8) is 0 Å². The molecule has 0 saturated carbocycles. The number of carbonyl (C=O) groups is 3. The van der Waals surface area contributed by atoms with E-state index in [2.05, 4.69) is 0 Å². The second kappa shape index (κ2) is 6.86. The lowest BCUT2D eigenvalue weighted by molar-refractivity contribution is -0.168. The van der Waals surface area contributed by atoms with Gasteiger partial charge in [0, 0.05) is 17.9 Å². The van der Waals surface area contributed by atoms with Gasteiger partial charge in [-0.15, -0.1) is 0 Å². The van der Waals surface area contributed by atoms with Crippen molar-refractivity contribution in [3.05, 3.63) is 34.9 Å². The SMILES string of the molecule is N#CCCC(C(=O)O)(C(=O)O)C(=O)Cc1ccc(Cl)cc1. The fourth-order valence-electron chi connectivity index (χ4n) is 1.87. The van der Waals surface area contributed by atoms with E-state index in [1.165, 1.54) is 24.3 Å². The third-order valence-corrected chi connectivity index (χ3v) is 3.35. The molecule has 0 heterocycles. The first-order chi connectivity index (χ1) is 9.84. The lowest BCUT2D eigenvalue weighted by Gasteiger charge is -2.22. The van der Waals surface area contributed by atoms with Gasteiger partial charge in [0.15, 0.2) is 5.78 Å². The van der Waals surface area contributed by atoms with E-state index in [1.807, 2.05) is 0 Å². The maximum Gasteiger partial charge on any atom is 0.328 e. The number of ketones is 1. The van der Waals surface area contributed by atoms with E-state index in [1.54, 1.807) is 6.07 Å². The number of Topliss-reactive ketones (excluding diaryl/α,β-unsaturated/α-hetero) is 1. The van der Waals surface area contributed by atoms with Crippen LogP contribution >= 0.6 is 11.6 Å². The smallest absolute Gasteiger partial charge is 0.328 e. The number of nitrogens with zero attached hydrogens (tertiary/aromatic N) is 1. The van der Waals surface area contributed by atoms with E-state index in [-0.39, 0.29) is 12.8 Å². The van der Waals surface area contributed by atoms with Crippen LogP contribution in [-0.2, 0) is 20.8 Å². The van der Waals surface area contributed by atoms with Gasteiger partial charge in [0.25, 0.3) is 0 Å². The number of benzene rings is 1. The van der Waals surface area contributed by atoms with E-state index in [9.17, 15) is 24.6 Å². The van der Waals surface area contributed by atoms with Gasteiger partial charge in [0.1, 0.15) is 0 Å². The van der Waals surface area contributed by atoms with Crippen molar-refractivity contribution in [2.45, 2.75) is 19.3 Å². The molecule has 7 heteroatoms. The minimum absolute atomic E-state index is 0.342. The molecule has 1 aromatic carbocycles. The van der Waals surface area contributed by atoms with Gasteiger partial charge < -0.3 is 10.2 Å². The zero-order valence-corrected chi connectivity index (χ0v) is 11.6. The molecule has 1 aromatic rings. The fraction of sp³-hybridized carbons (Fsp3) is 0.286. The Kier molecular flexibility index (Phi) is 5.44. The van der Waals surface area contributed by atoms with Gasteiger partial charge in [-0.3, -0.25) is 14.4 Å². The molecule has 0 aliphatic rings.